The van der Waals surface area contributed by atoms with E-state index in [2.05, 4.69) is 5.32 Å². The summed E-state index contributed by atoms with van der Waals surface area (Å²) < 4.78 is 10.7. The van der Waals surface area contributed by atoms with Crippen LogP contribution in [0.3, 0.4) is 0 Å². The first-order valence-electron chi connectivity index (χ1n) is 8.59. The van der Waals surface area contributed by atoms with Crippen molar-refractivity contribution in [3.63, 3.8) is 0 Å². The molecule has 1 aliphatic carbocycles. The van der Waals surface area contributed by atoms with Crippen molar-refractivity contribution >= 4 is 29.6 Å². The normalized spacial score (nSPS) is 13.4. The zero-order chi connectivity index (χ0) is 20.1. The van der Waals surface area contributed by atoms with E-state index in [4.69, 9.17) is 21.1 Å². The number of carbonyl (C=O) groups is 2. The van der Waals surface area contributed by atoms with E-state index in [1.54, 1.807) is 36.4 Å². The smallest absolute Gasteiger partial charge is 0.345 e. The first-order valence-corrected chi connectivity index (χ1v) is 8.97. The van der Waals surface area contributed by atoms with E-state index in [0.717, 1.165) is 12.8 Å². The number of rotatable bonds is 6. The average molecular weight is 397 g/mol. The lowest BCUT2D eigenvalue weighted by Crippen LogP contribution is -2.26. The molecule has 1 aliphatic rings. The van der Waals surface area contributed by atoms with Gasteiger partial charge in [0, 0.05) is 6.04 Å². The van der Waals surface area contributed by atoms with Crippen LogP contribution in [0.4, 0.5) is 0 Å². The zero-order valence-corrected chi connectivity index (χ0v) is 15.8. The number of carbonyl (C=O) groups excluding carboxylic acids is 2. The fourth-order valence-corrected chi connectivity index (χ4v) is 2.66. The summed E-state index contributed by atoms with van der Waals surface area (Å²) in [5.74, 6) is -0.536. The van der Waals surface area contributed by atoms with Crippen molar-refractivity contribution in [3.05, 3.63) is 64.2 Å². The Morgan fingerprint density at radius 1 is 1.21 bits per heavy atom. The lowest BCUT2D eigenvalue weighted by atomic mass is 10.1. The zero-order valence-electron chi connectivity index (χ0n) is 15.1. The van der Waals surface area contributed by atoms with Gasteiger partial charge in [0.25, 0.3) is 5.91 Å². The Kier molecular flexibility index (Phi) is 5.97. The SMILES string of the molecule is COc1cc(/C=C(\C#N)C(=O)NC2CC2)ccc1OC(=O)c1ccccc1Cl. The number of amides is 1. The molecule has 0 aromatic heterocycles. The summed E-state index contributed by atoms with van der Waals surface area (Å²) in [5.41, 5.74) is 0.797. The molecular formula is C21H17ClN2O4. The molecule has 1 N–H and O–H groups in total. The summed E-state index contributed by atoms with van der Waals surface area (Å²) in [7, 11) is 1.43. The molecule has 0 aliphatic heterocycles. The predicted octanol–water partition coefficient (Wildman–Crippen LogP) is 3.75. The number of hydrogen-bond acceptors (Lipinski definition) is 5. The first-order chi connectivity index (χ1) is 13.5. The molecule has 7 heteroatoms. The van der Waals surface area contributed by atoms with Crippen LogP contribution in [0.25, 0.3) is 6.08 Å². The highest BCUT2D eigenvalue weighted by Crippen LogP contribution is 2.30. The molecule has 0 bridgehead atoms. The third-order valence-corrected chi connectivity index (χ3v) is 4.40. The molecule has 142 valence electrons. The molecular weight excluding hydrogens is 380 g/mol. The lowest BCUT2D eigenvalue weighted by Gasteiger charge is -2.11. The molecule has 3 rings (SSSR count). The van der Waals surface area contributed by atoms with Crippen molar-refractivity contribution in [1.29, 1.82) is 5.26 Å². The van der Waals surface area contributed by atoms with E-state index in [9.17, 15) is 14.9 Å². The van der Waals surface area contributed by atoms with E-state index >= 15 is 0 Å². The highest BCUT2D eigenvalue weighted by molar-refractivity contribution is 6.33. The van der Waals surface area contributed by atoms with Gasteiger partial charge in [-0.15, -0.1) is 0 Å². The topological polar surface area (TPSA) is 88.4 Å². The van der Waals surface area contributed by atoms with Gasteiger partial charge in [0.15, 0.2) is 11.5 Å². The Bertz CT molecular complexity index is 990. The number of nitrogens with zero attached hydrogens (tertiary/aromatic N) is 1. The predicted molar refractivity (Wildman–Crippen MR) is 104 cm³/mol. The summed E-state index contributed by atoms with van der Waals surface area (Å²) in [6.45, 7) is 0. The molecule has 28 heavy (non-hydrogen) atoms. The van der Waals surface area contributed by atoms with Gasteiger partial charge in [-0.05, 0) is 48.7 Å². The van der Waals surface area contributed by atoms with Crippen molar-refractivity contribution in [2.45, 2.75) is 18.9 Å². The molecule has 0 unspecified atom stereocenters. The number of ether oxygens (including phenoxy) is 2. The summed E-state index contributed by atoms with van der Waals surface area (Å²) in [6, 6.07) is 13.4. The Morgan fingerprint density at radius 3 is 2.61 bits per heavy atom. The lowest BCUT2D eigenvalue weighted by molar-refractivity contribution is -0.117. The number of methoxy groups -OCH3 is 1. The summed E-state index contributed by atoms with van der Waals surface area (Å²) in [4.78, 5) is 24.4. The molecule has 1 saturated carbocycles. The second-order valence-electron chi connectivity index (χ2n) is 6.20. The minimum absolute atomic E-state index is 0.00485. The van der Waals surface area contributed by atoms with Crippen molar-refractivity contribution in [3.8, 4) is 17.6 Å². The molecule has 6 nitrogen and oxygen atoms in total. The molecule has 2 aromatic carbocycles. The van der Waals surface area contributed by atoms with Crippen molar-refractivity contribution in [2.75, 3.05) is 7.11 Å². The van der Waals surface area contributed by atoms with Crippen LogP contribution in [-0.4, -0.2) is 25.0 Å². The van der Waals surface area contributed by atoms with Crippen LogP contribution in [-0.2, 0) is 4.79 Å². The molecule has 1 amide bonds. The summed E-state index contributed by atoms with van der Waals surface area (Å²) in [5, 5.41) is 12.3. The van der Waals surface area contributed by atoms with Crippen LogP contribution in [0.5, 0.6) is 11.5 Å². The van der Waals surface area contributed by atoms with Gasteiger partial charge in [-0.25, -0.2) is 4.79 Å². The maximum atomic E-state index is 12.3. The number of nitriles is 1. The maximum Gasteiger partial charge on any atom is 0.345 e. The summed E-state index contributed by atoms with van der Waals surface area (Å²) in [6.07, 6.45) is 3.33. The van der Waals surface area contributed by atoms with Crippen LogP contribution in [0, 0.1) is 11.3 Å². The van der Waals surface area contributed by atoms with Crippen molar-refractivity contribution in [1.82, 2.24) is 5.32 Å². The average Bonchev–Trinajstić information content (AvgIpc) is 3.51. The van der Waals surface area contributed by atoms with Crippen LogP contribution < -0.4 is 14.8 Å². The van der Waals surface area contributed by atoms with E-state index in [1.165, 1.54) is 19.3 Å². The van der Waals surface area contributed by atoms with Crippen molar-refractivity contribution in [2.24, 2.45) is 0 Å². The minimum atomic E-state index is -0.617. The third kappa shape index (κ3) is 4.70. The molecule has 0 radical (unpaired) electrons. The molecule has 2 aromatic rings. The van der Waals surface area contributed by atoms with E-state index in [0.29, 0.717) is 5.56 Å². The third-order valence-electron chi connectivity index (χ3n) is 4.07. The van der Waals surface area contributed by atoms with Gasteiger partial charge in [0.2, 0.25) is 0 Å². The molecule has 0 saturated heterocycles. The van der Waals surface area contributed by atoms with Crippen LogP contribution >= 0.6 is 11.6 Å². The maximum absolute atomic E-state index is 12.3. The quantitative estimate of drug-likeness (QED) is 0.347. The fraction of sp³-hybridized carbons (Fsp3) is 0.190. The standard InChI is InChI=1S/C21H17ClN2O4/c1-27-19-11-13(10-14(12-23)20(25)24-15-7-8-15)6-9-18(19)28-21(26)16-4-2-3-5-17(16)22/h2-6,9-11,15H,7-8H2,1H3,(H,24,25)/b14-10+. The second-order valence-corrected chi connectivity index (χ2v) is 6.60. The van der Waals surface area contributed by atoms with Crippen LogP contribution in [0.2, 0.25) is 5.02 Å². The Morgan fingerprint density at radius 2 is 1.96 bits per heavy atom. The molecule has 1 fully saturated rings. The minimum Gasteiger partial charge on any atom is -0.493 e. The van der Waals surface area contributed by atoms with Gasteiger partial charge in [-0.2, -0.15) is 5.26 Å². The van der Waals surface area contributed by atoms with Crippen LogP contribution in [0.1, 0.15) is 28.8 Å². The van der Waals surface area contributed by atoms with Gasteiger partial charge in [0.1, 0.15) is 11.6 Å². The largest absolute Gasteiger partial charge is 0.493 e. The van der Waals surface area contributed by atoms with E-state index in [1.807, 2.05) is 6.07 Å². The van der Waals surface area contributed by atoms with Gasteiger partial charge < -0.3 is 14.8 Å². The van der Waals surface area contributed by atoms with Gasteiger partial charge in [0.05, 0.1) is 17.7 Å². The highest BCUT2D eigenvalue weighted by atomic mass is 35.5. The van der Waals surface area contributed by atoms with E-state index in [-0.39, 0.29) is 33.7 Å². The second kappa shape index (κ2) is 8.59. The number of hydrogen-bond donors (Lipinski definition) is 1. The Balaban J connectivity index is 1.81. The fourth-order valence-electron chi connectivity index (χ4n) is 2.45. The van der Waals surface area contributed by atoms with Crippen LogP contribution in [0.15, 0.2) is 48.0 Å². The van der Waals surface area contributed by atoms with Gasteiger partial charge in [-0.3, -0.25) is 4.79 Å². The summed E-state index contributed by atoms with van der Waals surface area (Å²) >= 11 is 6.02. The molecule has 0 atom stereocenters. The first kappa shape index (κ1) is 19.5. The Labute approximate surface area is 167 Å². The monoisotopic (exact) mass is 396 g/mol. The van der Waals surface area contributed by atoms with Gasteiger partial charge in [-0.1, -0.05) is 29.8 Å². The number of esters is 1. The highest BCUT2D eigenvalue weighted by Gasteiger charge is 2.24. The number of halogens is 1. The van der Waals surface area contributed by atoms with E-state index < -0.39 is 11.9 Å². The molecule has 0 heterocycles. The number of nitrogens with one attached hydrogen (secondary N) is 1. The number of benzene rings is 2. The van der Waals surface area contributed by atoms with Crippen molar-refractivity contribution < 1.29 is 19.1 Å². The Hall–Kier alpha value is -3.30. The van der Waals surface area contributed by atoms with Gasteiger partial charge >= 0.3 is 5.97 Å². The molecule has 0 spiro atoms.